The fourth-order valence-corrected chi connectivity index (χ4v) is 1.48. The number of hydrogen-bond acceptors (Lipinski definition) is 4. The van der Waals surface area contributed by atoms with Crippen molar-refractivity contribution in [2.45, 2.75) is 18.8 Å². The van der Waals surface area contributed by atoms with Gasteiger partial charge >= 0.3 is 0 Å². The maximum atomic E-state index is 13.7. The SMILES string of the molecule is CNCC(O)C(O)c1cccc(CO)c1F. The third-order valence-electron chi connectivity index (χ3n) is 2.38. The van der Waals surface area contributed by atoms with Crippen LogP contribution in [0.3, 0.4) is 0 Å². The van der Waals surface area contributed by atoms with Crippen molar-refractivity contribution in [2.24, 2.45) is 0 Å². The molecule has 0 bridgehead atoms. The lowest BCUT2D eigenvalue weighted by atomic mass is 10.0. The summed E-state index contributed by atoms with van der Waals surface area (Å²) in [5.41, 5.74) is 0.0995. The molecule has 0 aliphatic heterocycles. The van der Waals surface area contributed by atoms with Crippen molar-refractivity contribution < 1.29 is 19.7 Å². The van der Waals surface area contributed by atoms with Gasteiger partial charge in [-0.05, 0) is 7.05 Å². The first-order valence-electron chi connectivity index (χ1n) is 5.00. The van der Waals surface area contributed by atoms with Crippen LogP contribution < -0.4 is 5.32 Å². The molecule has 0 saturated heterocycles. The number of nitrogens with one attached hydrogen (secondary N) is 1. The molecule has 4 N–H and O–H groups in total. The highest BCUT2D eigenvalue weighted by atomic mass is 19.1. The monoisotopic (exact) mass is 229 g/mol. The summed E-state index contributed by atoms with van der Waals surface area (Å²) in [7, 11) is 1.62. The van der Waals surface area contributed by atoms with E-state index >= 15 is 0 Å². The van der Waals surface area contributed by atoms with Crippen LogP contribution in [-0.4, -0.2) is 35.0 Å². The molecule has 90 valence electrons. The molecule has 0 aromatic heterocycles. The molecule has 5 heteroatoms. The zero-order chi connectivity index (χ0) is 12.1. The Kier molecular flexibility index (Phi) is 4.82. The Balaban J connectivity index is 2.94. The van der Waals surface area contributed by atoms with Crippen LogP contribution >= 0.6 is 0 Å². The minimum atomic E-state index is -1.31. The number of aliphatic hydroxyl groups is 3. The summed E-state index contributed by atoms with van der Waals surface area (Å²) >= 11 is 0. The summed E-state index contributed by atoms with van der Waals surface area (Å²) in [6, 6.07) is 4.34. The van der Waals surface area contributed by atoms with E-state index in [4.69, 9.17) is 5.11 Å². The number of halogens is 1. The largest absolute Gasteiger partial charge is 0.392 e. The zero-order valence-electron chi connectivity index (χ0n) is 9.02. The molecule has 0 saturated carbocycles. The van der Waals surface area contributed by atoms with Gasteiger partial charge in [0, 0.05) is 17.7 Å². The Hall–Kier alpha value is -1.01. The van der Waals surface area contributed by atoms with Crippen molar-refractivity contribution in [3.05, 3.63) is 35.1 Å². The van der Waals surface area contributed by atoms with Crippen LogP contribution in [0.1, 0.15) is 17.2 Å². The first kappa shape index (κ1) is 13.1. The van der Waals surface area contributed by atoms with Crippen LogP contribution in [0.5, 0.6) is 0 Å². The number of rotatable bonds is 5. The molecule has 16 heavy (non-hydrogen) atoms. The Bertz CT molecular complexity index is 346. The summed E-state index contributed by atoms with van der Waals surface area (Å²) in [5, 5.41) is 30.8. The van der Waals surface area contributed by atoms with E-state index in [-0.39, 0.29) is 17.7 Å². The first-order chi connectivity index (χ1) is 7.61. The third kappa shape index (κ3) is 2.76. The molecule has 4 nitrogen and oxygen atoms in total. The van der Waals surface area contributed by atoms with Crippen LogP contribution in [-0.2, 0) is 6.61 Å². The van der Waals surface area contributed by atoms with Gasteiger partial charge in [0.1, 0.15) is 11.9 Å². The van der Waals surface area contributed by atoms with E-state index in [0.717, 1.165) is 0 Å². The molecule has 1 aromatic rings. The fraction of sp³-hybridized carbons (Fsp3) is 0.455. The van der Waals surface area contributed by atoms with Crippen molar-refractivity contribution >= 4 is 0 Å². The Morgan fingerprint density at radius 1 is 1.38 bits per heavy atom. The van der Waals surface area contributed by atoms with Crippen LogP contribution in [0, 0.1) is 5.82 Å². The predicted molar refractivity (Wildman–Crippen MR) is 57.2 cm³/mol. The second-order valence-corrected chi connectivity index (χ2v) is 3.55. The van der Waals surface area contributed by atoms with Gasteiger partial charge < -0.3 is 20.6 Å². The maximum absolute atomic E-state index is 13.7. The van der Waals surface area contributed by atoms with E-state index in [9.17, 15) is 14.6 Å². The number of aliphatic hydroxyl groups excluding tert-OH is 3. The van der Waals surface area contributed by atoms with Crippen molar-refractivity contribution in [1.29, 1.82) is 0 Å². The highest BCUT2D eigenvalue weighted by Gasteiger charge is 2.21. The summed E-state index contributed by atoms with van der Waals surface area (Å²) in [5.74, 6) is -0.673. The lowest BCUT2D eigenvalue weighted by Gasteiger charge is -2.19. The lowest BCUT2D eigenvalue weighted by molar-refractivity contribution is 0.0179. The summed E-state index contributed by atoms with van der Waals surface area (Å²) in [6.07, 6.45) is -2.40. The maximum Gasteiger partial charge on any atom is 0.134 e. The van der Waals surface area contributed by atoms with Crippen LogP contribution in [0.15, 0.2) is 18.2 Å². The van der Waals surface area contributed by atoms with Crippen molar-refractivity contribution in [3.63, 3.8) is 0 Å². The molecule has 0 spiro atoms. The predicted octanol–water partition coefficient (Wildman–Crippen LogP) is -0.0683. The first-order valence-corrected chi connectivity index (χ1v) is 5.00. The molecule has 0 amide bonds. The summed E-state index contributed by atoms with van der Waals surface area (Å²) in [4.78, 5) is 0. The van der Waals surface area contributed by atoms with Crippen molar-refractivity contribution in [2.75, 3.05) is 13.6 Å². The quantitative estimate of drug-likeness (QED) is 0.570. The van der Waals surface area contributed by atoms with Gasteiger partial charge in [-0.15, -0.1) is 0 Å². The molecule has 2 unspecified atom stereocenters. The number of likely N-dealkylation sites (N-methyl/N-ethyl adjacent to an activating group) is 1. The summed E-state index contributed by atoms with van der Waals surface area (Å²) < 4.78 is 13.7. The highest BCUT2D eigenvalue weighted by Crippen LogP contribution is 2.22. The molecule has 0 aliphatic carbocycles. The van der Waals surface area contributed by atoms with Crippen LogP contribution in [0.4, 0.5) is 4.39 Å². The average molecular weight is 229 g/mol. The molecular weight excluding hydrogens is 213 g/mol. The second kappa shape index (κ2) is 5.91. The van der Waals surface area contributed by atoms with Gasteiger partial charge in [0.05, 0.1) is 12.7 Å². The van der Waals surface area contributed by atoms with Gasteiger partial charge in [0.2, 0.25) is 0 Å². The Morgan fingerprint density at radius 3 is 2.62 bits per heavy atom. The van der Waals surface area contributed by atoms with E-state index in [1.165, 1.54) is 18.2 Å². The Labute approximate surface area is 93.4 Å². The summed E-state index contributed by atoms with van der Waals surface area (Å²) in [6.45, 7) is -0.279. The molecular formula is C11H16FNO3. The van der Waals surface area contributed by atoms with Crippen LogP contribution in [0.2, 0.25) is 0 Å². The average Bonchev–Trinajstić information content (AvgIpc) is 2.29. The van der Waals surface area contributed by atoms with E-state index < -0.39 is 24.6 Å². The molecule has 1 rings (SSSR count). The highest BCUT2D eigenvalue weighted by molar-refractivity contribution is 5.27. The Morgan fingerprint density at radius 2 is 2.06 bits per heavy atom. The minimum Gasteiger partial charge on any atom is -0.392 e. The molecule has 0 aliphatic rings. The van der Waals surface area contributed by atoms with Crippen LogP contribution in [0.25, 0.3) is 0 Å². The van der Waals surface area contributed by atoms with Gasteiger partial charge in [-0.3, -0.25) is 0 Å². The third-order valence-corrected chi connectivity index (χ3v) is 2.38. The number of hydrogen-bond donors (Lipinski definition) is 4. The lowest BCUT2D eigenvalue weighted by Crippen LogP contribution is -2.30. The standard InChI is InChI=1S/C11H16FNO3/c1-13-5-9(15)11(16)8-4-2-3-7(6-14)10(8)12/h2-4,9,11,13-16H,5-6H2,1H3. The second-order valence-electron chi connectivity index (χ2n) is 3.55. The molecule has 0 radical (unpaired) electrons. The smallest absolute Gasteiger partial charge is 0.134 e. The number of benzene rings is 1. The van der Waals surface area contributed by atoms with E-state index in [1.807, 2.05) is 0 Å². The van der Waals surface area contributed by atoms with E-state index in [0.29, 0.717) is 0 Å². The molecule has 2 atom stereocenters. The van der Waals surface area contributed by atoms with E-state index in [2.05, 4.69) is 5.32 Å². The van der Waals surface area contributed by atoms with Gasteiger partial charge in [-0.2, -0.15) is 0 Å². The van der Waals surface area contributed by atoms with Crippen molar-refractivity contribution in [1.82, 2.24) is 5.32 Å². The fourth-order valence-electron chi connectivity index (χ4n) is 1.48. The molecule has 0 heterocycles. The van der Waals surface area contributed by atoms with Gasteiger partial charge in [-0.1, -0.05) is 18.2 Å². The van der Waals surface area contributed by atoms with Gasteiger partial charge in [0.25, 0.3) is 0 Å². The zero-order valence-corrected chi connectivity index (χ0v) is 9.02. The van der Waals surface area contributed by atoms with Crippen molar-refractivity contribution in [3.8, 4) is 0 Å². The molecule has 0 fully saturated rings. The normalized spacial score (nSPS) is 14.8. The minimum absolute atomic E-state index is 0.00528. The van der Waals surface area contributed by atoms with Gasteiger partial charge in [-0.25, -0.2) is 4.39 Å². The van der Waals surface area contributed by atoms with E-state index in [1.54, 1.807) is 7.05 Å². The topological polar surface area (TPSA) is 72.7 Å². The van der Waals surface area contributed by atoms with Gasteiger partial charge in [0.15, 0.2) is 0 Å². The molecule has 1 aromatic carbocycles.